The van der Waals surface area contributed by atoms with E-state index in [1.54, 1.807) is 0 Å². The van der Waals surface area contributed by atoms with Crippen LogP contribution in [0.4, 0.5) is 0 Å². The molecule has 0 spiro atoms. The first-order valence-corrected chi connectivity index (χ1v) is 6.63. The summed E-state index contributed by atoms with van der Waals surface area (Å²) in [6.45, 7) is 9.31. The van der Waals surface area contributed by atoms with Gasteiger partial charge in [-0.3, -0.25) is 0 Å². The zero-order valence-electron chi connectivity index (χ0n) is 11.8. The SMILES string of the molecule is CC(C)NC[C@H](O)COc1ccc(C(C)C)cc1. The summed E-state index contributed by atoms with van der Waals surface area (Å²) in [6.07, 6.45) is -0.475. The van der Waals surface area contributed by atoms with Gasteiger partial charge in [0.15, 0.2) is 0 Å². The van der Waals surface area contributed by atoms with Gasteiger partial charge in [0.1, 0.15) is 18.5 Å². The predicted molar refractivity (Wildman–Crippen MR) is 75.2 cm³/mol. The summed E-state index contributed by atoms with van der Waals surface area (Å²) in [5.41, 5.74) is 1.30. The van der Waals surface area contributed by atoms with E-state index in [0.29, 0.717) is 25.1 Å². The minimum atomic E-state index is -0.475. The molecule has 18 heavy (non-hydrogen) atoms. The highest BCUT2D eigenvalue weighted by Gasteiger charge is 2.06. The Bertz CT molecular complexity index is 333. The maximum atomic E-state index is 9.71. The summed E-state index contributed by atoms with van der Waals surface area (Å²) in [7, 11) is 0. The van der Waals surface area contributed by atoms with Crippen molar-refractivity contribution in [3.8, 4) is 5.75 Å². The molecule has 0 heterocycles. The van der Waals surface area contributed by atoms with Crippen LogP contribution in [0.5, 0.6) is 5.75 Å². The zero-order valence-corrected chi connectivity index (χ0v) is 11.8. The molecule has 0 aromatic heterocycles. The van der Waals surface area contributed by atoms with Crippen molar-refractivity contribution in [1.82, 2.24) is 5.32 Å². The molecule has 1 atom stereocenters. The van der Waals surface area contributed by atoms with Crippen LogP contribution in [0.2, 0.25) is 0 Å². The van der Waals surface area contributed by atoms with Crippen LogP contribution in [-0.4, -0.2) is 30.4 Å². The Morgan fingerprint density at radius 3 is 2.22 bits per heavy atom. The molecule has 0 amide bonds. The first kappa shape index (κ1) is 15.0. The second-order valence-corrected chi connectivity index (χ2v) is 5.25. The molecule has 0 aliphatic carbocycles. The second kappa shape index (κ2) is 7.39. The van der Waals surface area contributed by atoms with Crippen molar-refractivity contribution >= 4 is 0 Å². The molecule has 102 valence electrons. The Morgan fingerprint density at radius 2 is 1.72 bits per heavy atom. The molecule has 1 rings (SSSR count). The third kappa shape index (κ3) is 5.52. The van der Waals surface area contributed by atoms with E-state index >= 15 is 0 Å². The summed E-state index contributed by atoms with van der Waals surface area (Å²) in [6, 6.07) is 8.43. The number of ether oxygens (including phenoxy) is 1. The van der Waals surface area contributed by atoms with Crippen molar-refractivity contribution in [2.75, 3.05) is 13.2 Å². The Balaban J connectivity index is 2.34. The van der Waals surface area contributed by atoms with Crippen LogP contribution < -0.4 is 10.1 Å². The summed E-state index contributed by atoms with van der Waals surface area (Å²) < 4.78 is 5.54. The van der Waals surface area contributed by atoms with Gasteiger partial charge in [0.2, 0.25) is 0 Å². The summed E-state index contributed by atoms with van der Waals surface area (Å²) in [5.74, 6) is 1.34. The molecule has 3 nitrogen and oxygen atoms in total. The van der Waals surface area contributed by atoms with E-state index in [1.807, 2.05) is 12.1 Å². The van der Waals surface area contributed by atoms with Gasteiger partial charge in [-0.05, 0) is 23.6 Å². The van der Waals surface area contributed by atoms with Crippen molar-refractivity contribution in [2.24, 2.45) is 0 Å². The average molecular weight is 251 g/mol. The molecule has 3 heteroatoms. The fourth-order valence-corrected chi connectivity index (χ4v) is 1.57. The molecule has 1 aromatic rings. The van der Waals surface area contributed by atoms with E-state index < -0.39 is 6.10 Å². The van der Waals surface area contributed by atoms with E-state index in [1.165, 1.54) is 5.56 Å². The zero-order chi connectivity index (χ0) is 13.5. The molecule has 0 saturated carbocycles. The monoisotopic (exact) mass is 251 g/mol. The highest BCUT2D eigenvalue weighted by molar-refractivity contribution is 5.28. The smallest absolute Gasteiger partial charge is 0.119 e. The predicted octanol–water partition coefficient (Wildman–Crippen LogP) is 2.55. The Kier molecular flexibility index (Phi) is 6.16. The lowest BCUT2D eigenvalue weighted by Crippen LogP contribution is -2.35. The molecule has 0 aliphatic heterocycles. The number of rotatable bonds is 7. The number of aliphatic hydroxyl groups excluding tert-OH is 1. The third-order valence-corrected chi connectivity index (χ3v) is 2.75. The molecular formula is C15H25NO2. The van der Waals surface area contributed by atoms with E-state index in [-0.39, 0.29) is 0 Å². The Labute approximate surface area is 110 Å². The summed E-state index contributed by atoms with van der Waals surface area (Å²) >= 11 is 0. The molecular weight excluding hydrogens is 226 g/mol. The second-order valence-electron chi connectivity index (χ2n) is 5.25. The minimum Gasteiger partial charge on any atom is -0.491 e. The first-order chi connectivity index (χ1) is 8.49. The molecule has 0 unspecified atom stereocenters. The molecule has 2 N–H and O–H groups in total. The van der Waals surface area contributed by atoms with Crippen molar-refractivity contribution in [1.29, 1.82) is 0 Å². The minimum absolute atomic E-state index is 0.320. The molecule has 0 saturated heterocycles. The normalized spacial score (nSPS) is 13.1. The van der Waals surface area contributed by atoms with E-state index in [4.69, 9.17) is 4.74 Å². The number of aliphatic hydroxyl groups is 1. The molecule has 1 aromatic carbocycles. The van der Waals surface area contributed by atoms with Gasteiger partial charge in [-0.15, -0.1) is 0 Å². The molecule has 0 radical (unpaired) electrons. The highest BCUT2D eigenvalue weighted by atomic mass is 16.5. The van der Waals surface area contributed by atoms with Gasteiger partial charge in [0.05, 0.1) is 0 Å². The van der Waals surface area contributed by atoms with E-state index in [2.05, 4.69) is 45.1 Å². The summed E-state index contributed by atoms with van der Waals surface area (Å²) in [4.78, 5) is 0. The largest absolute Gasteiger partial charge is 0.491 e. The maximum Gasteiger partial charge on any atom is 0.119 e. The van der Waals surface area contributed by atoms with Gasteiger partial charge < -0.3 is 15.2 Å². The van der Waals surface area contributed by atoms with Gasteiger partial charge in [0, 0.05) is 12.6 Å². The Morgan fingerprint density at radius 1 is 1.11 bits per heavy atom. The Hall–Kier alpha value is -1.06. The van der Waals surface area contributed by atoms with Gasteiger partial charge in [-0.25, -0.2) is 0 Å². The van der Waals surface area contributed by atoms with Crippen molar-refractivity contribution in [3.63, 3.8) is 0 Å². The van der Waals surface area contributed by atoms with Gasteiger partial charge in [-0.1, -0.05) is 39.8 Å². The number of benzene rings is 1. The maximum absolute atomic E-state index is 9.71. The van der Waals surface area contributed by atoms with Gasteiger partial charge in [0.25, 0.3) is 0 Å². The molecule has 0 aliphatic rings. The van der Waals surface area contributed by atoms with Crippen molar-refractivity contribution < 1.29 is 9.84 Å². The highest BCUT2D eigenvalue weighted by Crippen LogP contribution is 2.18. The lowest BCUT2D eigenvalue weighted by Gasteiger charge is -2.15. The van der Waals surface area contributed by atoms with Crippen LogP contribution in [0.1, 0.15) is 39.2 Å². The third-order valence-electron chi connectivity index (χ3n) is 2.75. The van der Waals surface area contributed by atoms with Crippen LogP contribution in [0.3, 0.4) is 0 Å². The van der Waals surface area contributed by atoms with Crippen LogP contribution in [0.15, 0.2) is 24.3 Å². The lowest BCUT2D eigenvalue weighted by molar-refractivity contribution is 0.104. The van der Waals surface area contributed by atoms with E-state index in [9.17, 15) is 5.11 Å². The van der Waals surface area contributed by atoms with Crippen LogP contribution >= 0.6 is 0 Å². The quantitative estimate of drug-likeness (QED) is 0.782. The standard InChI is InChI=1S/C15H25NO2/c1-11(2)13-5-7-15(8-6-13)18-10-14(17)9-16-12(3)4/h5-8,11-12,14,16-17H,9-10H2,1-4H3/t14-/m0/s1. The van der Waals surface area contributed by atoms with Crippen molar-refractivity contribution in [3.05, 3.63) is 29.8 Å². The summed E-state index contributed by atoms with van der Waals surface area (Å²) in [5, 5.41) is 12.9. The molecule has 0 bridgehead atoms. The number of hydrogen-bond donors (Lipinski definition) is 2. The lowest BCUT2D eigenvalue weighted by atomic mass is 10.0. The van der Waals surface area contributed by atoms with Crippen LogP contribution in [0, 0.1) is 0 Å². The van der Waals surface area contributed by atoms with Crippen molar-refractivity contribution in [2.45, 2.75) is 45.8 Å². The number of hydrogen-bond acceptors (Lipinski definition) is 3. The number of nitrogens with one attached hydrogen (secondary N) is 1. The van der Waals surface area contributed by atoms with E-state index in [0.717, 1.165) is 5.75 Å². The van der Waals surface area contributed by atoms with Gasteiger partial charge >= 0.3 is 0 Å². The van der Waals surface area contributed by atoms with Crippen LogP contribution in [0.25, 0.3) is 0 Å². The van der Waals surface area contributed by atoms with Crippen LogP contribution in [-0.2, 0) is 0 Å². The topological polar surface area (TPSA) is 41.5 Å². The fraction of sp³-hybridized carbons (Fsp3) is 0.600. The molecule has 0 fully saturated rings. The first-order valence-electron chi connectivity index (χ1n) is 6.63. The van der Waals surface area contributed by atoms with Gasteiger partial charge in [-0.2, -0.15) is 0 Å². The fourth-order valence-electron chi connectivity index (χ4n) is 1.57. The average Bonchev–Trinajstić information content (AvgIpc) is 2.34.